The minimum Gasteiger partial charge on any atom is -0.450 e. The van der Waals surface area contributed by atoms with E-state index in [-0.39, 0.29) is 11.4 Å². The van der Waals surface area contributed by atoms with E-state index < -0.39 is 15.5 Å². The average Bonchev–Trinajstić information content (AvgIpc) is 2.70. The Morgan fingerprint density at radius 1 is 0.964 bits per heavy atom. The van der Waals surface area contributed by atoms with Gasteiger partial charge in [0.05, 0.1) is 15.9 Å². The fourth-order valence-electron chi connectivity index (χ4n) is 3.83. The second-order valence-corrected chi connectivity index (χ2v) is 7.23. The molecular weight excluding hydrogens is 360 g/mol. The van der Waals surface area contributed by atoms with E-state index >= 15 is 0 Å². The summed E-state index contributed by atoms with van der Waals surface area (Å²) < 4.78 is 5.96. The summed E-state index contributed by atoms with van der Waals surface area (Å²) in [6.45, 7) is 2.13. The molecule has 1 aliphatic carbocycles. The zero-order valence-electron chi connectivity index (χ0n) is 15.9. The third-order valence-corrected chi connectivity index (χ3v) is 5.23. The van der Waals surface area contributed by atoms with Gasteiger partial charge in [0.1, 0.15) is 5.75 Å². The summed E-state index contributed by atoms with van der Waals surface area (Å²) >= 11 is 0. The van der Waals surface area contributed by atoms with Gasteiger partial charge >= 0.3 is 5.69 Å². The van der Waals surface area contributed by atoms with Gasteiger partial charge in [-0.15, -0.1) is 0 Å². The SMILES string of the molecule is CCCc1ccc(Oc2ccc([N+](=O)[O-])cc2[N+](=O)[O-])c(C2CCCCC2)c1. The summed E-state index contributed by atoms with van der Waals surface area (Å²) in [5.41, 5.74) is 1.58. The van der Waals surface area contributed by atoms with Crippen LogP contribution in [-0.4, -0.2) is 9.85 Å². The van der Waals surface area contributed by atoms with Crippen molar-refractivity contribution in [3.8, 4) is 11.5 Å². The molecule has 0 spiro atoms. The Morgan fingerprint density at radius 3 is 2.32 bits per heavy atom. The van der Waals surface area contributed by atoms with Gasteiger partial charge in [0, 0.05) is 6.07 Å². The zero-order valence-corrected chi connectivity index (χ0v) is 15.9. The molecule has 0 heterocycles. The molecule has 2 aromatic rings. The lowest BCUT2D eigenvalue weighted by Crippen LogP contribution is -2.07. The number of nitro benzene ring substituents is 2. The number of hydrogen-bond acceptors (Lipinski definition) is 5. The predicted molar refractivity (Wildman–Crippen MR) is 106 cm³/mol. The van der Waals surface area contributed by atoms with Gasteiger partial charge in [-0.25, -0.2) is 0 Å². The molecule has 0 radical (unpaired) electrons. The third-order valence-electron chi connectivity index (χ3n) is 5.23. The molecule has 2 aromatic carbocycles. The highest BCUT2D eigenvalue weighted by Crippen LogP contribution is 2.41. The molecule has 28 heavy (non-hydrogen) atoms. The maximum atomic E-state index is 11.4. The van der Waals surface area contributed by atoms with Crippen LogP contribution in [0.15, 0.2) is 36.4 Å². The number of hydrogen-bond donors (Lipinski definition) is 0. The van der Waals surface area contributed by atoms with Gasteiger partial charge in [-0.05, 0) is 48.4 Å². The highest BCUT2D eigenvalue weighted by Gasteiger charge is 2.24. The van der Waals surface area contributed by atoms with Gasteiger partial charge in [0.15, 0.2) is 0 Å². The van der Waals surface area contributed by atoms with Crippen LogP contribution in [0, 0.1) is 20.2 Å². The topological polar surface area (TPSA) is 95.5 Å². The second-order valence-electron chi connectivity index (χ2n) is 7.23. The molecule has 0 unspecified atom stereocenters. The van der Waals surface area contributed by atoms with E-state index in [1.54, 1.807) is 0 Å². The molecule has 1 fully saturated rings. The lowest BCUT2D eigenvalue weighted by Gasteiger charge is -2.24. The Balaban J connectivity index is 1.99. The van der Waals surface area contributed by atoms with Crippen molar-refractivity contribution in [2.75, 3.05) is 0 Å². The van der Waals surface area contributed by atoms with Gasteiger partial charge in [-0.3, -0.25) is 20.2 Å². The van der Waals surface area contributed by atoms with E-state index in [0.29, 0.717) is 11.7 Å². The average molecular weight is 384 g/mol. The zero-order chi connectivity index (χ0) is 20.1. The number of ether oxygens (including phenoxy) is 1. The van der Waals surface area contributed by atoms with Crippen LogP contribution >= 0.6 is 0 Å². The number of benzene rings is 2. The van der Waals surface area contributed by atoms with Crippen LogP contribution in [0.2, 0.25) is 0 Å². The normalized spacial score (nSPS) is 14.6. The first-order valence-corrected chi connectivity index (χ1v) is 9.73. The van der Waals surface area contributed by atoms with Gasteiger partial charge in [0.2, 0.25) is 5.75 Å². The molecule has 3 rings (SSSR count). The van der Waals surface area contributed by atoms with Crippen LogP contribution in [0.25, 0.3) is 0 Å². The first-order valence-electron chi connectivity index (χ1n) is 9.73. The number of nitrogens with zero attached hydrogens (tertiary/aromatic N) is 2. The molecule has 0 saturated heterocycles. The minimum absolute atomic E-state index is 0.0240. The molecule has 0 atom stereocenters. The van der Waals surface area contributed by atoms with Gasteiger partial charge in [-0.2, -0.15) is 0 Å². The Kier molecular flexibility index (Phi) is 6.23. The number of aryl methyl sites for hydroxylation is 1. The Hall–Kier alpha value is -2.96. The quantitative estimate of drug-likeness (QED) is 0.412. The van der Waals surface area contributed by atoms with Crippen molar-refractivity contribution >= 4 is 11.4 Å². The molecule has 148 valence electrons. The van der Waals surface area contributed by atoms with E-state index in [2.05, 4.69) is 13.0 Å². The van der Waals surface area contributed by atoms with Crippen LogP contribution in [0.3, 0.4) is 0 Å². The molecule has 0 aliphatic heterocycles. The third kappa shape index (κ3) is 4.47. The van der Waals surface area contributed by atoms with Crippen molar-refractivity contribution in [3.05, 3.63) is 67.8 Å². The summed E-state index contributed by atoms with van der Waals surface area (Å²) in [7, 11) is 0. The summed E-state index contributed by atoms with van der Waals surface area (Å²) in [5.74, 6) is 0.997. The van der Waals surface area contributed by atoms with Crippen molar-refractivity contribution in [3.63, 3.8) is 0 Å². The summed E-state index contributed by atoms with van der Waals surface area (Å²) in [5, 5.41) is 22.4. The first kappa shape index (κ1) is 19.8. The maximum Gasteiger partial charge on any atom is 0.318 e. The van der Waals surface area contributed by atoms with Crippen molar-refractivity contribution in [2.24, 2.45) is 0 Å². The molecule has 7 nitrogen and oxygen atoms in total. The van der Waals surface area contributed by atoms with E-state index in [1.807, 2.05) is 12.1 Å². The molecule has 7 heteroatoms. The Bertz CT molecular complexity index is 875. The monoisotopic (exact) mass is 384 g/mol. The highest BCUT2D eigenvalue weighted by atomic mass is 16.6. The predicted octanol–water partition coefficient (Wildman–Crippen LogP) is 6.30. The van der Waals surface area contributed by atoms with Crippen LogP contribution in [0.1, 0.15) is 62.5 Å². The van der Waals surface area contributed by atoms with Crippen LogP contribution in [0.4, 0.5) is 11.4 Å². The van der Waals surface area contributed by atoms with Gasteiger partial charge < -0.3 is 4.74 Å². The van der Waals surface area contributed by atoms with Crippen molar-refractivity contribution in [1.29, 1.82) is 0 Å². The van der Waals surface area contributed by atoms with Crippen molar-refractivity contribution in [1.82, 2.24) is 0 Å². The lowest BCUT2D eigenvalue weighted by molar-refractivity contribution is -0.394. The lowest BCUT2D eigenvalue weighted by atomic mass is 9.83. The van der Waals surface area contributed by atoms with E-state index in [0.717, 1.165) is 37.3 Å². The summed E-state index contributed by atoms with van der Waals surface area (Å²) in [6, 6.07) is 9.50. The molecule has 1 saturated carbocycles. The molecule has 0 amide bonds. The van der Waals surface area contributed by atoms with E-state index in [1.165, 1.54) is 37.0 Å². The summed E-state index contributed by atoms with van der Waals surface area (Å²) in [4.78, 5) is 21.1. The standard InChI is InChI=1S/C21H24N2O5/c1-2-6-15-9-11-20(18(13-15)16-7-4-3-5-8-16)28-21-12-10-17(22(24)25)14-19(21)23(26)27/h9-14,16H,2-8H2,1H3. The fourth-order valence-corrected chi connectivity index (χ4v) is 3.83. The summed E-state index contributed by atoms with van der Waals surface area (Å²) in [6.07, 6.45) is 7.73. The van der Waals surface area contributed by atoms with E-state index in [4.69, 9.17) is 4.74 Å². The van der Waals surface area contributed by atoms with Gasteiger partial charge in [0.25, 0.3) is 5.69 Å². The number of rotatable bonds is 7. The van der Waals surface area contributed by atoms with E-state index in [9.17, 15) is 20.2 Å². The molecule has 0 aromatic heterocycles. The Morgan fingerprint density at radius 2 is 1.68 bits per heavy atom. The maximum absolute atomic E-state index is 11.4. The number of nitro groups is 2. The largest absolute Gasteiger partial charge is 0.450 e. The van der Waals surface area contributed by atoms with Crippen LogP contribution < -0.4 is 4.74 Å². The Labute approximate surface area is 163 Å². The van der Waals surface area contributed by atoms with Gasteiger partial charge in [-0.1, -0.05) is 44.7 Å². The minimum atomic E-state index is -0.649. The van der Waals surface area contributed by atoms with Crippen molar-refractivity contribution < 1.29 is 14.6 Å². The molecule has 0 bridgehead atoms. The fraction of sp³-hybridized carbons (Fsp3) is 0.429. The van der Waals surface area contributed by atoms with Crippen LogP contribution in [-0.2, 0) is 6.42 Å². The molecule has 0 N–H and O–H groups in total. The first-order chi connectivity index (χ1) is 13.5. The number of non-ortho nitro benzene ring substituents is 1. The second kappa shape index (κ2) is 8.82. The highest BCUT2D eigenvalue weighted by molar-refractivity contribution is 5.55. The van der Waals surface area contributed by atoms with Crippen molar-refractivity contribution in [2.45, 2.75) is 57.8 Å². The van der Waals surface area contributed by atoms with Crippen LogP contribution in [0.5, 0.6) is 11.5 Å². The smallest absolute Gasteiger partial charge is 0.318 e. The molecule has 1 aliphatic rings. The molecular formula is C21H24N2O5.